The molecule has 5 heteroatoms. The molecule has 1 aromatic carbocycles. The predicted octanol–water partition coefficient (Wildman–Crippen LogP) is 3.95. The number of nitrogens with one attached hydrogen (secondary N) is 1. The number of anilines is 1. The zero-order valence-electron chi connectivity index (χ0n) is 10.9. The van der Waals surface area contributed by atoms with Crippen LogP contribution < -0.4 is 11.1 Å². The number of amides is 1. The van der Waals surface area contributed by atoms with E-state index in [0.717, 1.165) is 35.8 Å². The van der Waals surface area contributed by atoms with Gasteiger partial charge in [0.05, 0.1) is 5.02 Å². The van der Waals surface area contributed by atoms with Crippen LogP contribution in [0.4, 0.5) is 5.69 Å². The summed E-state index contributed by atoms with van der Waals surface area (Å²) in [6.07, 6.45) is 3.74. The lowest BCUT2D eigenvalue weighted by molar-refractivity contribution is -0.123. The first-order chi connectivity index (χ1) is 8.93. The summed E-state index contributed by atoms with van der Waals surface area (Å²) in [5.74, 6) is 0.231. The quantitative estimate of drug-likeness (QED) is 0.871. The fourth-order valence-corrected chi connectivity index (χ4v) is 3.30. The van der Waals surface area contributed by atoms with Gasteiger partial charge in [-0.15, -0.1) is 0 Å². The van der Waals surface area contributed by atoms with E-state index in [0.29, 0.717) is 10.9 Å². The molecule has 104 valence electrons. The van der Waals surface area contributed by atoms with Crippen LogP contribution in [0.2, 0.25) is 5.02 Å². The van der Waals surface area contributed by atoms with E-state index in [2.05, 4.69) is 28.2 Å². The molecule has 1 aliphatic rings. The molecular formula is C14H18BrClN2O. The minimum Gasteiger partial charge on any atom is -0.371 e. The second-order valence-electron chi connectivity index (χ2n) is 5.40. The summed E-state index contributed by atoms with van der Waals surface area (Å²) in [5.41, 5.74) is 5.87. The maximum absolute atomic E-state index is 11.9. The number of hydrogen-bond donors (Lipinski definition) is 2. The molecule has 3 nitrogen and oxygen atoms in total. The van der Waals surface area contributed by atoms with Gasteiger partial charge in [0.1, 0.15) is 5.54 Å². The molecule has 19 heavy (non-hydrogen) atoms. The molecule has 0 heterocycles. The molecule has 0 radical (unpaired) electrons. The van der Waals surface area contributed by atoms with Crippen LogP contribution in [0.15, 0.2) is 22.7 Å². The van der Waals surface area contributed by atoms with E-state index >= 15 is 0 Å². The molecule has 0 bridgehead atoms. The van der Waals surface area contributed by atoms with E-state index in [-0.39, 0.29) is 5.91 Å². The van der Waals surface area contributed by atoms with Gasteiger partial charge in [0.2, 0.25) is 5.91 Å². The highest BCUT2D eigenvalue weighted by atomic mass is 79.9. The molecule has 1 saturated carbocycles. The monoisotopic (exact) mass is 344 g/mol. The third-order valence-electron chi connectivity index (χ3n) is 3.77. The predicted molar refractivity (Wildman–Crippen MR) is 82.3 cm³/mol. The Balaban J connectivity index is 2.25. The summed E-state index contributed by atoms with van der Waals surface area (Å²) in [5, 5.41) is 3.98. The molecular weight excluding hydrogens is 328 g/mol. The van der Waals surface area contributed by atoms with Gasteiger partial charge in [-0.2, -0.15) is 0 Å². The highest BCUT2D eigenvalue weighted by molar-refractivity contribution is 9.10. The topological polar surface area (TPSA) is 55.1 Å². The van der Waals surface area contributed by atoms with Gasteiger partial charge in [0.25, 0.3) is 0 Å². The van der Waals surface area contributed by atoms with Crippen LogP contribution in [0, 0.1) is 5.92 Å². The summed E-state index contributed by atoms with van der Waals surface area (Å²) in [7, 11) is 0. The molecule has 2 unspecified atom stereocenters. The average molecular weight is 346 g/mol. The van der Waals surface area contributed by atoms with E-state index in [1.54, 1.807) is 6.07 Å². The van der Waals surface area contributed by atoms with Gasteiger partial charge in [-0.05, 0) is 52.9 Å². The van der Waals surface area contributed by atoms with Crippen LogP contribution in [0.1, 0.15) is 32.6 Å². The fourth-order valence-electron chi connectivity index (χ4n) is 2.80. The Kier molecular flexibility index (Phi) is 4.41. The molecule has 1 aromatic rings. The van der Waals surface area contributed by atoms with Crippen molar-refractivity contribution in [3.8, 4) is 0 Å². The lowest BCUT2D eigenvalue weighted by atomic mass is 9.75. The van der Waals surface area contributed by atoms with Crippen molar-refractivity contribution < 1.29 is 4.79 Å². The van der Waals surface area contributed by atoms with Crippen molar-refractivity contribution in [3.63, 3.8) is 0 Å². The molecule has 0 spiro atoms. The lowest BCUT2D eigenvalue weighted by Gasteiger charge is -2.39. The van der Waals surface area contributed by atoms with Crippen molar-refractivity contribution in [1.29, 1.82) is 0 Å². The number of carbonyl (C=O) groups is 1. The molecule has 0 aliphatic heterocycles. The highest BCUT2D eigenvalue weighted by Crippen LogP contribution is 2.36. The average Bonchev–Trinajstić information content (AvgIpc) is 2.34. The standard InChI is InChI=1S/C14H18BrClN2O/c1-9-3-2-6-14(8-9,13(17)19)18-10-4-5-12(16)11(15)7-10/h4-5,7,9,18H,2-3,6,8H2,1H3,(H2,17,19). The van der Waals surface area contributed by atoms with Crippen LogP contribution >= 0.6 is 27.5 Å². The van der Waals surface area contributed by atoms with E-state index in [1.165, 1.54) is 0 Å². The van der Waals surface area contributed by atoms with Gasteiger partial charge in [-0.1, -0.05) is 31.4 Å². The molecule has 0 saturated heterocycles. The van der Waals surface area contributed by atoms with Crippen LogP contribution in [0.3, 0.4) is 0 Å². The van der Waals surface area contributed by atoms with Crippen molar-refractivity contribution in [1.82, 2.24) is 0 Å². The zero-order chi connectivity index (χ0) is 14.0. The Bertz CT molecular complexity index is 494. The van der Waals surface area contributed by atoms with Gasteiger partial charge in [0.15, 0.2) is 0 Å². The minimum atomic E-state index is -0.634. The molecule has 2 rings (SSSR count). The first kappa shape index (κ1) is 14.7. The van der Waals surface area contributed by atoms with Gasteiger partial charge in [-0.3, -0.25) is 4.79 Å². The summed E-state index contributed by atoms with van der Waals surface area (Å²) < 4.78 is 0.808. The Labute approximate surface area is 127 Å². The Morgan fingerprint density at radius 3 is 2.89 bits per heavy atom. The number of nitrogens with two attached hydrogens (primary N) is 1. The van der Waals surface area contributed by atoms with Gasteiger partial charge >= 0.3 is 0 Å². The molecule has 2 atom stereocenters. The van der Waals surface area contributed by atoms with E-state index < -0.39 is 5.54 Å². The van der Waals surface area contributed by atoms with Gasteiger partial charge in [-0.25, -0.2) is 0 Å². The first-order valence-corrected chi connectivity index (χ1v) is 7.63. The molecule has 3 N–H and O–H groups in total. The summed E-state index contributed by atoms with van der Waals surface area (Å²) in [6.45, 7) is 2.16. The van der Waals surface area contributed by atoms with Crippen molar-refractivity contribution >= 4 is 39.1 Å². The van der Waals surface area contributed by atoms with Crippen LogP contribution in [-0.2, 0) is 4.79 Å². The second kappa shape index (κ2) is 5.71. The summed E-state index contributed by atoms with van der Waals surface area (Å²) in [4.78, 5) is 11.9. The smallest absolute Gasteiger partial charge is 0.243 e. The Morgan fingerprint density at radius 2 is 2.32 bits per heavy atom. The highest BCUT2D eigenvalue weighted by Gasteiger charge is 2.40. The minimum absolute atomic E-state index is 0.273. The number of hydrogen-bond acceptors (Lipinski definition) is 2. The maximum Gasteiger partial charge on any atom is 0.243 e. The fraction of sp³-hybridized carbons (Fsp3) is 0.500. The third kappa shape index (κ3) is 3.23. The largest absolute Gasteiger partial charge is 0.371 e. The number of carbonyl (C=O) groups excluding carboxylic acids is 1. The lowest BCUT2D eigenvalue weighted by Crippen LogP contribution is -2.53. The van der Waals surface area contributed by atoms with Crippen molar-refractivity contribution in [2.75, 3.05) is 5.32 Å². The van der Waals surface area contributed by atoms with E-state index in [9.17, 15) is 4.79 Å². The Morgan fingerprint density at radius 1 is 1.58 bits per heavy atom. The normalized spacial score (nSPS) is 27.0. The van der Waals surface area contributed by atoms with Crippen LogP contribution in [0.25, 0.3) is 0 Å². The van der Waals surface area contributed by atoms with Crippen LogP contribution in [-0.4, -0.2) is 11.4 Å². The number of halogens is 2. The SMILES string of the molecule is CC1CCCC(Nc2ccc(Cl)c(Br)c2)(C(N)=O)C1. The molecule has 1 amide bonds. The molecule has 1 aliphatic carbocycles. The van der Waals surface area contributed by atoms with Gasteiger partial charge < -0.3 is 11.1 Å². The van der Waals surface area contributed by atoms with E-state index in [1.807, 2.05) is 12.1 Å². The number of benzene rings is 1. The van der Waals surface area contributed by atoms with Crippen LogP contribution in [0.5, 0.6) is 0 Å². The molecule has 0 aromatic heterocycles. The Hall–Kier alpha value is -0.740. The number of primary amides is 1. The first-order valence-electron chi connectivity index (χ1n) is 6.46. The van der Waals surface area contributed by atoms with Crippen molar-refractivity contribution in [3.05, 3.63) is 27.7 Å². The number of rotatable bonds is 3. The molecule has 1 fully saturated rings. The summed E-state index contributed by atoms with van der Waals surface area (Å²) in [6, 6.07) is 5.55. The van der Waals surface area contributed by atoms with Crippen molar-refractivity contribution in [2.45, 2.75) is 38.1 Å². The van der Waals surface area contributed by atoms with E-state index in [4.69, 9.17) is 17.3 Å². The maximum atomic E-state index is 11.9. The zero-order valence-corrected chi connectivity index (χ0v) is 13.2. The van der Waals surface area contributed by atoms with Gasteiger partial charge in [0, 0.05) is 10.2 Å². The van der Waals surface area contributed by atoms with Crippen molar-refractivity contribution in [2.24, 2.45) is 11.7 Å². The second-order valence-corrected chi connectivity index (χ2v) is 6.66. The summed E-state index contributed by atoms with van der Waals surface area (Å²) >= 11 is 9.37. The third-order valence-corrected chi connectivity index (χ3v) is 4.99.